The number of hydrogen-bond donors (Lipinski definition) is 0. The molecule has 2 heterocycles. The molecule has 0 saturated carbocycles. The van der Waals surface area contributed by atoms with Gasteiger partial charge in [-0.05, 0) is 40.3 Å². The molecule has 0 radical (unpaired) electrons. The Hall–Kier alpha value is -1.16. The van der Waals surface area contributed by atoms with Crippen molar-refractivity contribution in [2.24, 2.45) is 0 Å². The van der Waals surface area contributed by atoms with Crippen molar-refractivity contribution in [1.29, 1.82) is 0 Å². The van der Waals surface area contributed by atoms with E-state index < -0.39 is 12.0 Å². The number of aromatic nitrogens is 3. The summed E-state index contributed by atoms with van der Waals surface area (Å²) in [6.07, 6.45) is -4.44. The maximum Gasteiger partial charge on any atom is 0.451 e. The number of fused-ring (bicyclic) bond motifs is 1. The Bertz CT molecular complexity index is 636. The zero-order chi connectivity index (χ0) is 15.0. The van der Waals surface area contributed by atoms with Gasteiger partial charge in [-0.2, -0.15) is 13.2 Å². The second-order valence-corrected chi connectivity index (χ2v) is 6.17. The molecule has 1 aliphatic heterocycles. The lowest BCUT2D eigenvalue weighted by Gasteiger charge is -2.27. The van der Waals surface area contributed by atoms with Crippen LogP contribution in [0.1, 0.15) is 17.2 Å². The van der Waals surface area contributed by atoms with Gasteiger partial charge in [0, 0.05) is 23.2 Å². The van der Waals surface area contributed by atoms with Crippen LogP contribution in [0.4, 0.5) is 13.2 Å². The molecule has 1 aromatic carbocycles. The minimum Gasteiger partial charge on any atom is -0.305 e. The van der Waals surface area contributed by atoms with Gasteiger partial charge in [-0.25, -0.2) is 0 Å². The molecule has 0 saturated heterocycles. The van der Waals surface area contributed by atoms with Gasteiger partial charge in [-0.3, -0.25) is 4.90 Å². The van der Waals surface area contributed by atoms with Crippen LogP contribution in [-0.2, 0) is 25.8 Å². The lowest BCUT2D eigenvalue weighted by atomic mass is 10.2. The third kappa shape index (κ3) is 3.20. The van der Waals surface area contributed by atoms with Crippen molar-refractivity contribution in [3.63, 3.8) is 0 Å². The first-order valence-electron chi connectivity index (χ1n) is 6.39. The lowest BCUT2D eigenvalue weighted by Crippen LogP contribution is -2.34. The maximum atomic E-state index is 12.8. The monoisotopic (exact) mass is 408 g/mol. The number of alkyl halides is 3. The van der Waals surface area contributed by atoms with Crippen molar-refractivity contribution < 1.29 is 13.2 Å². The average Bonchev–Trinajstić information content (AvgIpc) is 2.84. The highest BCUT2D eigenvalue weighted by Gasteiger charge is 2.39. The molecule has 1 aromatic heterocycles. The Kier molecular flexibility index (Phi) is 3.91. The van der Waals surface area contributed by atoms with Crippen LogP contribution in [0.5, 0.6) is 0 Å². The first-order chi connectivity index (χ1) is 9.93. The maximum absolute atomic E-state index is 12.8. The van der Waals surface area contributed by atoms with Crippen LogP contribution in [0.3, 0.4) is 0 Å². The van der Waals surface area contributed by atoms with E-state index in [2.05, 4.69) is 37.7 Å². The standard InChI is InChI=1S/C13H12F3IN4/c14-13(15,16)12-19-18-11-8-20(5-6-21(11)12)7-9-1-3-10(17)4-2-9/h1-4H,5-8H2. The minimum absolute atomic E-state index is 0.265. The van der Waals surface area contributed by atoms with Crippen LogP contribution in [-0.4, -0.2) is 26.2 Å². The molecule has 21 heavy (non-hydrogen) atoms. The van der Waals surface area contributed by atoms with Gasteiger partial charge in [-0.1, -0.05) is 12.1 Å². The quantitative estimate of drug-likeness (QED) is 0.717. The van der Waals surface area contributed by atoms with Crippen LogP contribution in [0.2, 0.25) is 0 Å². The molecular formula is C13H12F3IN4. The van der Waals surface area contributed by atoms with Gasteiger partial charge in [-0.15, -0.1) is 10.2 Å². The zero-order valence-electron chi connectivity index (χ0n) is 10.9. The Morgan fingerprint density at radius 2 is 1.81 bits per heavy atom. The van der Waals surface area contributed by atoms with Crippen molar-refractivity contribution in [1.82, 2.24) is 19.7 Å². The smallest absolute Gasteiger partial charge is 0.305 e. The van der Waals surface area contributed by atoms with E-state index in [1.165, 1.54) is 4.57 Å². The van der Waals surface area contributed by atoms with Crippen molar-refractivity contribution in [2.75, 3.05) is 6.54 Å². The molecule has 112 valence electrons. The second kappa shape index (κ2) is 5.56. The molecule has 0 atom stereocenters. The predicted molar refractivity (Wildman–Crippen MR) is 78.3 cm³/mol. The highest BCUT2D eigenvalue weighted by atomic mass is 127. The molecule has 3 rings (SSSR count). The summed E-state index contributed by atoms with van der Waals surface area (Å²) in [5.74, 6) is -0.523. The van der Waals surface area contributed by atoms with Gasteiger partial charge >= 0.3 is 6.18 Å². The summed E-state index contributed by atoms with van der Waals surface area (Å²) < 4.78 is 40.6. The lowest BCUT2D eigenvalue weighted by molar-refractivity contribution is -0.148. The fourth-order valence-electron chi connectivity index (χ4n) is 2.40. The van der Waals surface area contributed by atoms with E-state index in [0.717, 1.165) is 9.13 Å². The normalized spacial score (nSPS) is 16.0. The third-order valence-corrected chi connectivity index (χ3v) is 4.12. The van der Waals surface area contributed by atoms with Gasteiger partial charge in [0.15, 0.2) is 0 Å². The van der Waals surface area contributed by atoms with E-state index in [4.69, 9.17) is 0 Å². The summed E-state index contributed by atoms with van der Waals surface area (Å²) >= 11 is 2.24. The number of rotatable bonds is 2. The fourth-order valence-corrected chi connectivity index (χ4v) is 2.76. The van der Waals surface area contributed by atoms with Gasteiger partial charge in [0.1, 0.15) is 5.82 Å². The zero-order valence-corrected chi connectivity index (χ0v) is 13.1. The molecule has 2 aromatic rings. The molecule has 4 nitrogen and oxygen atoms in total. The summed E-state index contributed by atoms with van der Waals surface area (Å²) in [5, 5.41) is 6.96. The number of benzene rings is 1. The Morgan fingerprint density at radius 3 is 2.48 bits per heavy atom. The molecule has 0 fully saturated rings. The van der Waals surface area contributed by atoms with Crippen LogP contribution >= 0.6 is 22.6 Å². The average molecular weight is 408 g/mol. The summed E-state index contributed by atoms with van der Waals surface area (Å²) in [7, 11) is 0. The topological polar surface area (TPSA) is 34.0 Å². The summed E-state index contributed by atoms with van der Waals surface area (Å²) in [6.45, 7) is 1.90. The molecule has 0 N–H and O–H groups in total. The number of nitrogens with zero attached hydrogens (tertiary/aromatic N) is 4. The summed E-state index contributed by atoms with van der Waals surface area (Å²) in [5.41, 5.74) is 1.14. The van der Waals surface area contributed by atoms with Crippen LogP contribution in [0, 0.1) is 3.57 Å². The Labute approximate surface area is 133 Å². The van der Waals surface area contributed by atoms with E-state index in [-0.39, 0.29) is 6.54 Å². The van der Waals surface area contributed by atoms with Gasteiger partial charge in [0.05, 0.1) is 6.54 Å². The van der Waals surface area contributed by atoms with Crippen molar-refractivity contribution in [2.45, 2.75) is 25.8 Å². The molecular weight excluding hydrogens is 396 g/mol. The molecule has 0 aliphatic carbocycles. The molecule has 0 amide bonds. The molecule has 1 aliphatic rings. The van der Waals surface area contributed by atoms with Crippen LogP contribution in [0.25, 0.3) is 0 Å². The van der Waals surface area contributed by atoms with E-state index in [1.54, 1.807) is 0 Å². The van der Waals surface area contributed by atoms with E-state index in [9.17, 15) is 13.2 Å². The highest BCUT2D eigenvalue weighted by molar-refractivity contribution is 14.1. The second-order valence-electron chi connectivity index (χ2n) is 4.93. The first kappa shape index (κ1) is 14.8. The van der Waals surface area contributed by atoms with Crippen molar-refractivity contribution in [3.05, 3.63) is 45.0 Å². The van der Waals surface area contributed by atoms with Gasteiger partial charge in [0.2, 0.25) is 5.82 Å². The predicted octanol–water partition coefficient (Wildman–Crippen LogP) is 2.92. The molecule has 0 spiro atoms. The molecule has 0 bridgehead atoms. The molecule has 0 unspecified atom stereocenters. The largest absolute Gasteiger partial charge is 0.451 e. The summed E-state index contributed by atoms with van der Waals surface area (Å²) in [4.78, 5) is 2.08. The molecule has 8 heteroatoms. The number of hydrogen-bond acceptors (Lipinski definition) is 3. The Balaban J connectivity index is 1.73. The fraction of sp³-hybridized carbons (Fsp3) is 0.385. The van der Waals surface area contributed by atoms with Crippen LogP contribution in [0.15, 0.2) is 24.3 Å². The first-order valence-corrected chi connectivity index (χ1v) is 7.47. The third-order valence-electron chi connectivity index (χ3n) is 3.41. The van der Waals surface area contributed by atoms with E-state index in [1.807, 2.05) is 24.3 Å². The van der Waals surface area contributed by atoms with E-state index >= 15 is 0 Å². The highest BCUT2D eigenvalue weighted by Crippen LogP contribution is 2.29. The summed E-state index contributed by atoms with van der Waals surface area (Å²) in [6, 6.07) is 8.10. The van der Waals surface area contributed by atoms with Gasteiger partial charge < -0.3 is 4.57 Å². The Morgan fingerprint density at radius 1 is 1.10 bits per heavy atom. The number of halogens is 4. The van der Waals surface area contributed by atoms with Crippen LogP contribution < -0.4 is 0 Å². The SMILES string of the molecule is FC(F)(F)c1nnc2n1CCN(Cc1ccc(I)cc1)C2. The van der Waals surface area contributed by atoms with E-state index in [0.29, 0.717) is 25.5 Å². The minimum atomic E-state index is -4.44. The van der Waals surface area contributed by atoms with Crippen molar-refractivity contribution >= 4 is 22.6 Å². The van der Waals surface area contributed by atoms with Gasteiger partial charge in [0.25, 0.3) is 0 Å². The van der Waals surface area contributed by atoms with Crippen molar-refractivity contribution in [3.8, 4) is 0 Å².